The van der Waals surface area contributed by atoms with Crippen LogP contribution in [-0.4, -0.2) is 26.3 Å². The second kappa shape index (κ2) is 8.12. The van der Waals surface area contributed by atoms with Gasteiger partial charge in [-0.1, -0.05) is 26.7 Å². The molecule has 1 aliphatic carbocycles. The minimum absolute atomic E-state index is 0.754. The van der Waals surface area contributed by atoms with Crippen molar-refractivity contribution in [2.75, 3.05) is 26.3 Å². The molecule has 90 valence electrons. The molecule has 0 aliphatic heterocycles. The Kier molecular flexibility index (Phi) is 7.03. The van der Waals surface area contributed by atoms with E-state index in [1.807, 2.05) is 0 Å². The molecule has 0 amide bonds. The Hall–Kier alpha value is -0.0800. The predicted molar refractivity (Wildman–Crippen MR) is 65.1 cm³/mol. The lowest BCUT2D eigenvalue weighted by Crippen LogP contribution is -2.22. The van der Waals surface area contributed by atoms with E-state index in [1.54, 1.807) is 0 Å². The number of rotatable bonds is 8. The zero-order chi connectivity index (χ0) is 10.9. The molecule has 15 heavy (non-hydrogen) atoms. The molecule has 1 saturated carbocycles. The SMILES string of the molecule is CC(C)CNCCCOCC1CCCC1. The van der Waals surface area contributed by atoms with Crippen LogP contribution >= 0.6 is 0 Å². The van der Waals surface area contributed by atoms with Gasteiger partial charge in [0.15, 0.2) is 0 Å². The Morgan fingerprint density at radius 3 is 2.67 bits per heavy atom. The van der Waals surface area contributed by atoms with Gasteiger partial charge in [0.2, 0.25) is 0 Å². The summed E-state index contributed by atoms with van der Waals surface area (Å²) in [6.07, 6.45) is 6.78. The molecule has 0 aromatic carbocycles. The number of hydrogen-bond acceptors (Lipinski definition) is 2. The van der Waals surface area contributed by atoms with Crippen molar-refractivity contribution in [2.24, 2.45) is 11.8 Å². The van der Waals surface area contributed by atoms with Crippen LogP contribution in [0.2, 0.25) is 0 Å². The predicted octanol–water partition coefficient (Wildman–Crippen LogP) is 2.83. The molecule has 2 nitrogen and oxygen atoms in total. The summed E-state index contributed by atoms with van der Waals surface area (Å²) in [5.74, 6) is 1.62. The summed E-state index contributed by atoms with van der Waals surface area (Å²) >= 11 is 0. The van der Waals surface area contributed by atoms with Crippen molar-refractivity contribution in [1.29, 1.82) is 0 Å². The first kappa shape index (κ1) is 13.0. The lowest BCUT2D eigenvalue weighted by Gasteiger charge is -2.10. The van der Waals surface area contributed by atoms with E-state index in [-0.39, 0.29) is 0 Å². The van der Waals surface area contributed by atoms with Gasteiger partial charge in [0.05, 0.1) is 0 Å². The van der Waals surface area contributed by atoms with E-state index >= 15 is 0 Å². The first-order chi connectivity index (χ1) is 7.29. The summed E-state index contributed by atoms with van der Waals surface area (Å²) in [4.78, 5) is 0. The number of hydrogen-bond donors (Lipinski definition) is 1. The normalized spacial score (nSPS) is 17.8. The van der Waals surface area contributed by atoms with Crippen LogP contribution in [-0.2, 0) is 4.74 Å². The van der Waals surface area contributed by atoms with Crippen LogP contribution in [0.5, 0.6) is 0 Å². The summed E-state index contributed by atoms with van der Waals surface area (Å²) in [6, 6.07) is 0. The minimum atomic E-state index is 0.754. The van der Waals surface area contributed by atoms with E-state index in [2.05, 4.69) is 19.2 Å². The highest BCUT2D eigenvalue weighted by molar-refractivity contribution is 4.66. The molecule has 1 fully saturated rings. The maximum atomic E-state index is 5.68. The second-order valence-electron chi connectivity index (χ2n) is 5.18. The zero-order valence-corrected chi connectivity index (χ0v) is 10.4. The third-order valence-electron chi connectivity index (χ3n) is 3.02. The molecule has 0 aromatic rings. The number of ether oxygens (including phenoxy) is 1. The average molecular weight is 213 g/mol. The van der Waals surface area contributed by atoms with Crippen molar-refractivity contribution in [3.05, 3.63) is 0 Å². The number of nitrogens with one attached hydrogen (secondary N) is 1. The molecule has 2 heteroatoms. The maximum absolute atomic E-state index is 5.68. The maximum Gasteiger partial charge on any atom is 0.0494 e. The van der Waals surface area contributed by atoms with Crippen LogP contribution < -0.4 is 5.32 Å². The Morgan fingerprint density at radius 1 is 1.27 bits per heavy atom. The highest BCUT2D eigenvalue weighted by atomic mass is 16.5. The Morgan fingerprint density at radius 2 is 2.00 bits per heavy atom. The third kappa shape index (κ3) is 6.91. The Bertz CT molecular complexity index is 141. The summed E-state index contributed by atoms with van der Waals surface area (Å²) in [5, 5.41) is 3.43. The van der Waals surface area contributed by atoms with E-state index in [9.17, 15) is 0 Å². The molecule has 1 rings (SSSR count). The molecule has 1 N–H and O–H groups in total. The topological polar surface area (TPSA) is 21.3 Å². The van der Waals surface area contributed by atoms with Gasteiger partial charge in [-0.2, -0.15) is 0 Å². The Balaban J connectivity index is 1.76. The molecule has 1 aliphatic rings. The Labute approximate surface area is 94.8 Å². The minimum Gasteiger partial charge on any atom is -0.381 e. The van der Waals surface area contributed by atoms with Crippen LogP contribution in [0.4, 0.5) is 0 Å². The molecule has 0 bridgehead atoms. The fraction of sp³-hybridized carbons (Fsp3) is 1.00. The largest absolute Gasteiger partial charge is 0.381 e. The van der Waals surface area contributed by atoms with E-state index in [0.29, 0.717) is 0 Å². The highest BCUT2D eigenvalue weighted by Gasteiger charge is 2.14. The fourth-order valence-electron chi connectivity index (χ4n) is 2.12. The van der Waals surface area contributed by atoms with Crippen LogP contribution in [0.3, 0.4) is 0 Å². The van der Waals surface area contributed by atoms with Gasteiger partial charge in [0, 0.05) is 13.2 Å². The monoisotopic (exact) mass is 213 g/mol. The lowest BCUT2D eigenvalue weighted by molar-refractivity contribution is 0.0992. The molecule has 0 radical (unpaired) electrons. The molecule has 0 saturated heterocycles. The van der Waals surface area contributed by atoms with Crippen molar-refractivity contribution >= 4 is 0 Å². The van der Waals surface area contributed by atoms with Crippen molar-refractivity contribution in [3.8, 4) is 0 Å². The molecule has 0 aromatic heterocycles. The summed E-state index contributed by atoms with van der Waals surface area (Å²) < 4.78 is 5.68. The summed E-state index contributed by atoms with van der Waals surface area (Å²) in [7, 11) is 0. The van der Waals surface area contributed by atoms with E-state index in [0.717, 1.165) is 44.6 Å². The molecule has 0 heterocycles. The van der Waals surface area contributed by atoms with Gasteiger partial charge in [-0.3, -0.25) is 0 Å². The van der Waals surface area contributed by atoms with Gasteiger partial charge in [0.1, 0.15) is 0 Å². The lowest BCUT2D eigenvalue weighted by atomic mass is 10.1. The quantitative estimate of drug-likeness (QED) is 0.626. The van der Waals surface area contributed by atoms with Gasteiger partial charge in [-0.15, -0.1) is 0 Å². The van der Waals surface area contributed by atoms with Crippen molar-refractivity contribution in [2.45, 2.75) is 46.0 Å². The van der Waals surface area contributed by atoms with Crippen LogP contribution in [0, 0.1) is 11.8 Å². The van der Waals surface area contributed by atoms with Gasteiger partial charge in [-0.25, -0.2) is 0 Å². The van der Waals surface area contributed by atoms with Gasteiger partial charge >= 0.3 is 0 Å². The van der Waals surface area contributed by atoms with E-state index in [4.69, 9.17) is 4.74 Å². The van der Waals surface area contributed by atoms with Gasteiger partial charge < -0.3 is 10.1 Å². The van der Waals surface area contributed by atoms with Crippen molar-refractivity contribution in [1.82, 2.24) is 5.32 Å². The third-order valence-corrected chi connectivity index (χ3v) is 3.02. The molecule has 0 spiro atoms. The van der Waals surface area contributed by atoms with Crippen molar-refractivity contribution in [3.63, 3.8) is 0 Å². The van der Waals surface area contributed by atoms with E-state index in [1.165, 1.54) is 25.7 Å². The molecular formula is C13H27NO. The standard InChI is InChI=1S/C13H27NO/c1-12(2)10-14-8-5-9-15-11-13-6-3-4-7-13/h12-14H,3-11H2,1-2H3. The molecular weight excluding hydrogens is 186 g/mol. The molecule has 0 atom stereocenters. The highest BCUT2D eigenvalue weighted by Crippen LogP contribution is 2.24. The first-order valence-corrected chi connectivity index (χ1v) is 6.57. The van der Waals surface area contributed by atoms with E-state index < -0.39 is 0 Å². The van der Waals surface area contributed by atoms with Gasteiger partial charge in [-0.05, 0) is 44.2 Å². The second-order valence-corrected chi connectivity index (χ2v) is 5.18. The van der Waals surface area contributed by atoms with Crippen LogP contribution in [0.1, 0.15) is 46.0 Å². The average Bonchev–Trinajstić information content (AvgIpc) is 2.68. The fourth-order valence-corrected chi connectivity index (χ4v) is 2.12. The summed E-state index contributed by atoms with van der Waals surface area (Å²) in [5.41, 5.74) is 0. The van der Waals surface area contributed by atoms with Crippen LogP contribution in [0.25, 0.3) is 0 Å². The van der Waals surface area contributed by atoms with Crippen molar-refractivity contribution < 1.29 is 4.74 Å². The van der Waals surface area contributed by atoms with Gasteiger partial charge in [0.25, 0.3) is 0 Å². The summed E-state index contributed by atoms with van der Waals surface area (Å²) in [6.45, 7) is 8.64. The van der Waals surface area contributed by atoms with Crippen LogP contribution in [0.15, 0.2) is 0 Å². The molecule has 0 unspecified atom stereocenters. The smallest absolute Gasteiger partial charge is 0.0494 e. The first-order valence-electron chi connectivity index (χ1n) is 6.57. The zero-order valence-electron chi connectivity index (χ0n) is 10.4.